The molecule has 0 spiro atoms. The van der Waals surface area contributed by atoms with Crippen LogP contribution in [0, 0.1) is 11.8 Å². The molecule has 0 aromatic heterocycles. The minimum Gasteiger partial charge on any atom is -0.497 e. The van der Waals surface area contributed by atoms with Crippen LogP contribution in [-0.4, -0.2) is 12.9 Å². The third-order valence-electron chi connectivity index (χ3n) is 2.66. The summed E-state index contributed by atoms with van der Waals surface area (Å²) >= 11 is 0. The number of carbonyl (C=O) groups excluding carboxylic acids is 1. The van der Waals surface area contributed by atoms with Gasteiger partial charge in [-0.15, -0.1) is 0 Å². The van der Waals surface area contributed by atoms with Crippen LogP contribution in [0.2, 0.25) is 0 Å². The molecule has 0 amide bonds. The van der Waals surface area contributed by atoms with Crippen molar-refractivity contribution in [3.8, 4) is 17.6 Å². The number of unbranched alkanes of at least 4 members (excludes halogenated alkanes) is 3. The van der Waals surface area contributed by atoms with Crippen molar-refractivity contribution < 1.29 is 9.53 Å². The minimum atomic E-state index is -0.146. The second kappa shape index (κ2) is 8.99. The Bertz CT molecular complexity index is 472. The molecule has 0 fully saturated rings. The molecule has 0 saturated heterocycles. The molecule has 1 aromatic carbocycles. The lowest BCUT2D eigenvalue weighted by atomic mass is 10.2. The van der Waals surface area contributed by atoms with Gasteiger partial charge in [0.25, 0.3) is 0 Å². The summed E-state index contributed by atoms with van der Waals surface area (Å²) in [5.41, 5.74) is 0.960. The molecule has 0 bridgehead atoms. The predicted molar refractivity (Wildman–Crippen MR) is 79.0 cm³/mol. The Balaban J connectivity index is 2.44. The molecule has 2 nitrogen and oxygen atoms in total. The monoisotopic (exact) mass is 256 g/mol. The SMILES string of the molecule is CCCCCC#CC(=O)C=Cc1ccc(OC)cc1. The molecule has 0 heterocycles. The molecule has 0 aliphatic heterocycles. The van der Waals surface area contributed by atoms with E-state index in [4.69, 9.17) is 4.74 Å². The van der Waals surface area contributed by atoms with Crippen LogP contribution in [-0.2, 0) is 4.79 Å². The first-order valence-corrected chi connectivity index (χ1v) is 6.61. The number of hydrogen-bond acceptors (Lipinski definition) is 2. The zero-order valence-corrected chi connectivity index (χ0v) is 11.6. The first-order chi connectivity index (χ1) is 9.26. The number of methoxy groups -OCH3 is 1. The summed E-state index contributed by atoms with van der Waals surface area (Å²) in [7, 11) is 1.63. The lowest BCUT2D eigenvalue weighted by Crippen LogP contribution is -1.86. The molecular weight excluding hydrogens is 236 g/mol. The van der Waals surface area contributed by atoms with Crippen LogP contribution in [0.4, 0.5) is 0 Å². The van der Waals surface area contributed by atoms with Gasteiger partial charge in [0.15, 0.2) is 0 Å². The summed E-state index contributed by atoms with van der Waals surface area (Å²) in [6.45, 7) is 2.15. The van der Waals surface area contributed by atoms with Crippen LogP contribution >= 0.6 is 0 Å². The zero-order valence-electron chi connectivity index (χ0n) is 11.6. The summed E-state index contributed by atoms with van der Waals surface area (Å²) in [5, 5.41) is 0. The highest BCUT2D eigenvalue weighted by molar-refractivity contribution is 6.06. The quantitative estimate of drug-likeness (QED) is 0.334. The average molecular weight is 256 g/mol. The number of benzene rings is 1. The van der Waals surface area contributed by atoms with Crippen LogP contribution < -0.4 is 4.74 Å². The first kappa shape index (κ1) is 15.0. The van der Waals surface area contributed by atoms with E-state index in [-0.39, 0.29) is 5.78 Å². The Labute approximate surface area is 115 Å². The van der Waals surface area contributed by atoms with E-state index in [0.717, 1.165) is 24.2 Å². The molecule has 19 heavy (non-hydrogen) atoms. The predicted octanol–water partition coefficient (Wildman–Crippen LogP) is 3.86. The van der Waals surface area contributed by atoms with Gasteiger partial charge in [0.1, 0.15) is 5.75 Å². The molecule has 0 unspecified atom stereocenters. The van der Waals surface area contributed by atoms with Crippen LogP contribution in [0.15, 0.2) is 30.3 Å². The van der Waals surface area contributed by atoms with Crippen molar-refractivity contribution in [3.63, 3.8) is 0 Å². The maximum absolute atomic E-state index is 11.5. The van der Waals surface area contributed by atoms with E-state index in [2.05, 4.69) is 18.8 Å². The molecule has 2 heteroatoms. The number of rotatable bonds is 6. The Morgan fingerprint density at radius 1 is 1.26 bits per heavy atom. The van der Waals surface area contributed by atoms with Crippen molar-refractivity contribution in [1.29, 1.82) is 0 Å². The largest absolute Gasteiger partial charge is 0.497 e. The topological polar surface area (TPSA) is 26.3 Å². The third-order valence-corrected chi connectivity index (χ3v) is 2.66. The van der Waals surface area contributed by atoms with Gasteiger partial charge < -0.3 is 4.74 Å². The van der Waals surface area contributed by atoms with Gasteiger partial charge in [0.05, 0.1) is 7.11 Å². The van der Waals surface area contributed by atoms with Crippen molar-refractivity contribution in [1.82, 2.24) is 0 Å². The van der Waals surface area contributed by atoms with Gasteiger partial charge in [-0.1, -0.05) is 43.9 Å². The molecule has 1 aromatic rings. The van der Waals surface area contributed by atoms with E-state index in [0.29, 0.717) is 0 Å². The molecule has 0 aliphatic carbocycles. The van der Waals surface area contributed by atoms with E-state index < -0.39 is 0 Å². The van der Waals surface area contributed by atoms with E-state index in [9.17, 15) is 4.79 Å². The second-order valence-corrected chi connectivity index (χ2v) is 4.23. The number of hydrogen-bond donors (Lipinski definition) is 0. The van der Waals surface area contributed by atoms with Crippen LogP contribution in [0.3, 0.4) is 0 Å². The molecule has 0 atom stereocenters. The fourth-order valence-electron chi connectivity index (χ4n) is 1.54. The van der Waals surface area contributed by atoms with Crippen molar-refractivity contribution in [2.24, 2.45) is 0 Å². The number of ketones is 1. The van der Waals surface area contributed by atoms with Gasteiger partial charge in [-0.3, -0.25) is 4.79 Å². The Hall–Kier alpha value is -2.01. The lowest BCUT2D eigenvalue weighted by molar-refractivity contribution is -0.109. The van der Waals surface area contributed by atoms with E-state index in [1.54, 1.807) is 13.2 Å². The molecule has 100 valence electrons. The average Bonchev–Trinajstić information content (AvgIpc) is 2.45. The lowest BCUT2D eigenvalue weighted by Gasteiger charge is -1.98. The fourth-order valence-corrected chi connectivity index (χ4v) is 1.54. The van der Waals surface area contributed by atoms with Gasteiger partial charge in [0, 0.05) is 6.42 Å². The molecule has 0 radical (unpaired) electrons. The van der Waals surface area contributed by atoms with Crippen molar-refractivity contribution >= 4 is 11.9 Å². The van der Waals surface area contributed by atoms with Gasteiger partial charge in [0.2, 0.25) is 5.78 Å². The second-order valence-electron chi connectivity index (χ2n) is 4.23. The van der Waals surface area contributed by atoms with Gasteiger partial charge >= 0.3 is 0 Å². The summed E-state index contributed by atoms with van der Waals surface area (Å²) in [6, 6.07) is 7.52. The molecule has 0 N–H and O–H groups in total. The van der Waals surface area contributed by atoms with Crippen molar-refractivity contribution in [3.05, 3.63) is 35.9 Å². The van der Waals surface area contributed by atoms with Gasteiger partial charge in [-0.05, 0) is 36.1 Å². The van der Waals surface area contributed by atoms with Gasteiger partial charge in [-0.2, -0.15) is 0 Å². The highest BCUT2D eigenvalue weighted by atomic mass is 16.5. The number of allylic oxidation sites excluding steroid dienone is 1. The van der Waals surface area contributed by atoms with E-state index in [1.807, 2.05) is 24.3 Å². The van der Waals surface area contributed by atoms with E-state index in [1.165, 1.54) is 18.9 Å². The summed E-state index contributed by atoms with van der Waals surface area (Å²) in [6.07, 6.45) is 7.49. The van der Waals surface area contributed by atoms with Crippen molar-refractivity contribution in [2.45, 2.75) is 32.6 Å². The smallest absolute Gasteiger partial charge is 0.228 e. The zero-order chi connectivity index (χ0) is 13.9. The number of ether oxygens (including phenoxy) is 1. The highest BCUT2D eigenvalue weighted by Gasteiger charge is 1.92. The van der Waals surface area contributed by atoms with Crippen molar-refractivity contribution in [2.75, 3.05) is 7.11 Å². The molecule has 0 aliphatic rings. The third kappa shape index (κ3) is 6.47. The summed E-state index contributed by atoms with van der Waals surface area (Å²) in [5.74, 6) is 6.20. The minimum absolute atomic E-state index is 0.146. The van der Waals surface area contributed by atoms with Crippen LogP contribution in [0.1, 0.15) is 38.2 Å². The molecular formula is C17H20O2. The van der Waals surface area contributed by atoms with Gasteiger partial charge in [-0.25, -0.2) is 0 Å². The molecule has 1 rings (SSSR count). The van der Waals surface area contributed by atoms with Crippen LogP contribution in [0.5, 0.6) is 5.75 Å². The maximum Gasteiger partial charge on any atom is 0.228 e. The summed E-state index contributed by atoms with van der Waals surface area (Å²) in [4.78, 5) is 11.5. The standard InChI is InChI=1S/C17H20O2/c1-3-4-5-6-7-8-16(18)12-9-15-10-13-17(19-2)14-11-15/h9-14H,3-6H2,1-2H3. The maximum atomic E-state index is 11.5. The molecule has 0 saturated carbocycles. The first-order valence-electron chi connectivity index (χ1n) is 6.61. The summed E-state index contributed by atoms with van der Waals surface area (Å²) < 4.78 is 5.07. The van der Waals surface area contributed by atoms with E-state index >= 15 is 0 Å². The Kier molecular flexibility index (Phi) is 7.12. The Morgan fingerprint density at radius 2 is 2.00 bits per heavy atom. The fraction of sp³-hybridized carbons (Fsp3) is 0.353. The number of carbonyl (C=O) groups is 1. The highest BCUT2D eigenvalue weighted by Crippen LogP contribution is 2.12. The van der Waals surface area contributed by atoms with Crippen LogP contribution in [0.25, 0.3) is 6.08 Å². The Morgan fingerprint density at radius 3 is 2.63 bits per heavy atom. The normalized spacial score (nSPS) is 10.0.